The van der Waals surface area contributed by atoms with Crippen molar-refractivity contribution in [3.63, 3.8) is 0 Å². The van der Waals surface area contributed by atoms with Crippen LogP contribution < -0.4 is 11.1 Å². The average molecular weight is 331 g/mol. The predicted molar refractivity (Wildman–Crippen MR) is 81.7 cm³/mol. The Hall–Kier alpha value is -0.520. The summed E-state index contributed by atoms with van der Waals surface area (Å²) in [5, 5.41) is 2.94. The molecule has 5 heteroatoms. The number of halogens is 1. The monoisotopic (exact) mass is 330 g/mol. The van der Waals surface area contributed by atoms with Crippen LogP contribution in [0.1, 0.15) is 24.9 Å². The van der Waals surface area contributed by atoms with Gasteiger partial charge in [0, 0.05) is 4.47 Å². The second kappa shape index (κ2) is 7.81. The SMILES string of the molecule is CSCC[C@@H](N)C(=O)N[C@@H](C)c1ccccc1Br. The molecule has 0 saturated heterocycles. The molecule has 0 aromatic heterocycles. The summed E-state index contributed by atoms with van der Waals surface area (Å²) in [5.74, 6) is 0.810. The number of hydrogen-bond donors (Lipinski definition) is 2. The van der Waals surface area contributed by atoms with E-state index in [0.717, 1.165) is 15.8 Å². The maximum Gasteiger partial charge on any atom is 0.237 e. The third-order valence-corrected chi connectivity index (χ3v) is 4.07. The Morgan fingerprint density at radius 2 is 2.17 bits per heavy atom. The first-order valence-electron chi connectivity index (χ1n) is 5.85. The van der Waals surface area contributed by atoms with E-state index in [1.807, 2.05) is 37.4 Å². The topological polar surface area (TPSA) is 55.1 Å². The number of thioether (sulfide) groups is 1. The summed E-state index contributed by atoms with van der Waals surface area (Å²) in [6.45, 7) is 1.96. The molecule has 0 bridgehead atoms. The maximum atomic E-state index is 11.9. The molecule has 0 heterocycles. The Morgan fingerprint density at radius 1 is 1.50 bits per heavy atom. The minimum Gasteiger partial charge on any atom is -0.348 e. The number of carbonyl (C=O) groups excluding carboxylic acids is 1. The Labute approximate surface area is 121 Å². The van der Waals surface area contributed by atoms with Crippen LogP contribution in [0.25, 0.3) is 0 Å². The van der Waals surface area contributed by atoms with Gasteiger partial charge in [-0.25, -0.2) is 0 Å². The molecular weight excluding hydrogens is 312 g/mol. The molecule has 0 aliphatic rings. The van der Waals surface area contributed by atoms with Crippen molar-refractivity contribution in [2.24, 2.45) is 5.73 Å². The lowest BCUT2D eigenvalue weighted by Gasteiger charge is -2.18. The van der Waals surface area contributed by atoms with Crippen LogP contribution in [0.5, 0.6) is 0 Å². The van der Waals surface area contributed by atoms with Gasteiger partial charge in [0.05, 0.1) is 12.1 Å². The molecule has 18 heavy (non-hydrogen) atoms. The Balaban J connectivity index is 2.57. The lowest BCUT2D eigenvalue weighted by molar-refractivity contribution is -0.123. The maximum absolute atomic E-state index is 11.9. The van der Waals surface area contributed by atoms with Gasteiger partial charge in [-0.05, 0) is 37.0 Å². The van der Waals surface area contributed by atoms with Crippen LogP contribution in [0.4, 0.5) is 0 Å². The fourth-order valence-corrected chi connectivity index (χ4v) is 2.72. The minimum absolute atomic E-state index is 0.0478. The van der Waals surface area contributed by atoms with Crippen LogP contribution in [-0.2, 0) is 4.79 Å². The van der Waals surface area contributed by atoms with Crippen LogP contribution in [0.3, 0.4) is 0 Å². The van der Waals surface area contributed by atoms with E-state index in [9.17, 15) is 4.79 Å². The molecule has 100 valence electrons. The van der Waals surface area contributed by atoms with E-state index < -0.39 is 6.04 Å². The highest BCUT2D eigenvalue weighted by Crippen LogP contribution is 2.22. The van der Waals surface area contributed by atoms with Crippen molar-refractivity contribution in [2.75, 3.05) is 12.0 Å². The van der Waals surface area contributed by atoms with E-state index in [0.29, 0.717) is 6.42 Å². The fraction of sp³-hybridized carbons (Fsp3) is 0.462. The molecule has 0 spiro atoms. The minimum atomic E-state index is -0.428. The lowest BCUT2D eigenvalue weighted by atomic mass is 10.1. The summed E-state index contributed by atoms with van der Waals surface area (Å²) < 4.78 is 0.996. The summed E-state index contributed by atoms with van der Waals surface area (Å²) >= 11 is 5.18. The summed E-state index contributed by atoms with van der Waals surface area (Å²) in [6.07, 6.45) is 2.71. The first kappa shape index (κ1) is 15.5. The quantitative estimate of drug-likeness (QED) is 0.843. The van der Waals surface area contributed by atoms with Gasteiger partial charge in [0.2, 0.25) is 5.91 Å². The van der Waals surface area contributed by atoms with Crippen molar-refractivity contribution in [1.82, 2.24) is 5.32 Å². The van der Waals surface area contributed by atoms with Crippen LogP contribution in [0.15, 0.2) is 28.7 Å². The number of nitrogens with two attached hydrogens (primary N) is 1. The highest BCUT2D eigenvalue weighted by Gasteiger charge is 2.17. The van der Waals surface area contributed by atoms with Crippen LogP contribution >= 0.6 is 27.7 Å². The van der Waals surface area contributed by atoms with Crippen molar-refractivity contribution >= 4 is 33.6 Å². The van der Waals surface area contributed by atoms with E-state index in [1.54, 1.807) is 11.8 Å². The molecule has 2 atom stereocenters. The number of hydrogen-bond acceptors (Lipinski definition) is 3. The molecule has 0 saturated carbocycles. The van der Waals surface area contributed by atoms with Crippen molar-refractivity contribution in [2.45, 2.75) is 25.4 Å². The Morgan fingerprint density at radius 3 is 2.78 bits per heavy atom. The molecular formula is C13H19BrN2OS. The number of amides is 1. The van der Waals surface area contributed by atoms with Crippen LogP contribution in [0, 0.1) is 0 Å². The first-order valence-corrected chi connectivity index (χ1v) is 8.04. The largest absolute Gasteiger partial charge is 0.348 e. The smallest absolute Gasteiger partial charge is 0.237 e. The van der Waals surface area contributed by atoms with Gasteiger partial charge in [-0.1, -0.05) is 34.1 Å². The average Bonchev–Trinajstić information content (AvgIpc) is 2.36. The molecule has 3 nitrogen and oxygen atoms in total. The van der Waals surface area contributed by atoms with Gasteiger partial charge in [-0.2, -0.15) is 11.8 Å². The standard InChI is InChI=1S/C13H19BrN2OS/c1-9(10-5-3-4-6-11(10)14)16-13(17)12(15)7-8-18-2/h3-6,9,12H,7-8,15H2,1-2H3,(H,16,17)/t9-,12+/m0/s1. The number of rotatable bonds is 6. The Bertz CT molecular complexity index is 400. The van der Waals surface area contributed by atoms with Crippen LogP contribution in [-0.4, -0.2) is 24.0 Å². The highest BCUT2D eigenvalue weighted by atomic mass is 79.9. The summed E-state index contributed by atoms with van der Waals surface area (Å²) in [5.41, 5.74) is 6.89. The van der Waals surface area contributed by atoms with Gasteiger partial charge in [-0.3, -0.25) is 4.79 Å². The molecule has 1 rings (SSSR count). The first-order chi connectivity index (χ1) is 8.56. The summed E-state index contributed by atoms with van der Waals surface area (Å²) in [4.78, 5) is 11.9. The van der Waals surface area contributed by atoms with Crippen LogP contribution in [0.2, 0.25) is 0 Å². The molecule has 0 fully saturated rings. The van der Waals surface area contributed by atoms with Gasteiger partial charge in [0.25, 0.3) is 0 Å². The second-order valence-electron chi connectivity index (χ2n) is 4.14. The highest BCUT2D eigenvalue weighted by molar-refractivity contribution is 9.10. The van der Waals surface area contributed by atoms with Crippen molar-refractivity contribution < 1.29 is 4.79 Å². The van der Waals surface area contributed by atoms with Gasteiger partial charge in [0.1, 0.15) is 0 Å². The molecule has 1 aromatic rings. The number of carbonyl (C=O) groups is 1. The van der Waals surface area contributed by atoms with Gasteiger partial charge >= 0.3 is 0 Å². The van der Waals surface area contributed by atoms with Gasteiger partial charge in [0.15, 0.2) is 0 Å². The normalized spacial score (nSPS) is 14.0. The zero-order valence-electron chi connectivity index (χ0n) is 10.7. The number of benzene rings is 1. The van der Waals surface area contributed by atoms with E-state index >= 15 is 0 Å². The zero-order chi connectivity index (χ0) is 13.5. The van der Waals surface area contributed by atoms with E-state index in [1.165, 1.54) is 0 Å². The van der Waals surface area contributed by atoms with E-state index in [2.05, 4.69) is 21.2 Å². The molecule has 1 amide bonds. The fourth-order valence-electron chi connectivity index (χ4n) is 1.60. The Kier molecular flexibility index (Phi) is 6.75. The van der Waals surface area contributed by atoms with Gasteiger partial charge in [-0.15, -0.1) is 0 Å². The van der Waals surface area contributed by atoms with E-state index in [-0.39, 0.29) is 11.9 Å². The second-order valence-corrected chi connectivity index (χ2v) is 5.98. The molecule has 0 aliphatic heterocycles. The van der Waals surface area contributed by atoms with Crippen molar-refractivity contribution in [3.05, 3.63) is 34.3 Å². The lowest BCUT2D eigenvalue weighted by Crippen LogP contribution is -2.42. The zero-order valence-corrected chi connectivity index (χ0v) is 13.1. The molecule has 0 unspecified atom stereocenters. The van der Waals surface area contributed by atoms with Gasteiger partial charge < -0.3 is 11.1 Å². The van der Waals surface area contributed by atoms with Crippen molar-refractivity contribution in [1.29, 1.82) is 0 Å². The summed E-state index contributed by atoms with van der Waals surface area (Å²) in [6, 6.07) is 7.38. The number of nitrogens with one attached hydrogen (secondary N) is 1. The van der Waals surface area contributed by atoms with Crippen molar-refractivity contribution in [3.8, 4) is 0 Å². The molecule has 1 aromatic carbocycles. The van der Waals surface area contributed by atoms with E-state index in [4.69, 9.17) is 5.73 Å². The summed E-state index contributed by atoms with van der Waals surface area (Å²) in [7, 11) is 0. The predicted octanol–water partition coefficient (Wildman–Crippen LogP) is 2.71. The third kappa shape index (κ3) is 4.63. The third-order valence-electron chi connectivity index (χ3n) is 2.70. The molecule has 0 aliphatic carbocycles. The molecule has 3 N–H and O–H groups in total. The molecule has 0 radical (unpaired) electrons.